The molecule has 2 rings (SSSR count). The van der Waals surface area contributed by atoms with Gasteiger partial charge in [-0.25, -0.2) is 4.68 Å². The highest BCUT2D eigenvalue weighted by molar-refractivity contribution is 9.10. The number of rotatable bonds is 2. The number of nitrogens with zero attached hydrogens (tertiary/aromatic N) is 2. The second-order valence-corrected chi connectivity index (χ2v) is 3.81. The molecule has 72 valence electrons. The zero-order valence-corrected chi connectivity index (χ0v) is 8.98. The Bertz CT molecular complexity index is 439. The summed E-state index contributed by atoms with van der Waals surface area (Å²) in [6, 6.07) is 7.62. The van der Waals surface area contributed by atoms with Crippen molar-refractivity contribution in [2.75, 3.05) is 0 Å². The van der Waals surface area contributed by atoms with Crippen LogP contribution in [0.15, 0.2) is 41.1 Å². The van der Waals surface area contributed by atoms with Crippen LogP contribution in [-0.4, -0.2) is 14.9 Å². The molecular weight excluding hydrogens is 244 g/mol. The minimum atomic E-state index is 0.0215. The van der Waals surface area contributed by atoms with Crippen molar-refractivity contribution in [3.63, 3.8) is 0 Å². The first-order valence-electron chi connectivity index (χ1n) is 4.20. The first-order valence-corrected chi connectivity index (χ1v) is 5.00. The second kappa shape index (κ2) is 3.94. The molecule has 0 bridgehead atoms. The molecular formula is C10H9BrN2O. The van der Waals surface area contributed by atoms with Crippen molar-refractivity contribution in [1.29, 1.82) is 0 Å². The smallest absolute Gasteiger partial charge is 0.0702 e. The van der Waals surface area contributed by atoms with Gasteiger partial charge in [0.2, 0.25) is 0 Å². The lowest BCUT2D eigenvalue weighted by atomic mass is 10.2. The number of aromatic nitrogens is 2. The van der Waals surface area contributed by atoms with E-state index in [1.165, 1.54) is 0 Å². The maximum Gasteiger partial charge on any atom is 0.0702 e. The second-order valence-electron chi connectivity index (χ2n) is 2.89. The summed E-state index contributed by atoms with van der Waals surface area (Å²) in [7, 11) is 0. The average Bonchev–Trinajstić information content (AvgIpc) is 2.65. The summed E-state index contributed by atoms with van der Waals surface area (Å²) in [5.74, 6) is 0. The van der Waals surface area contributed by atoms with E-state index in [9.17, 15) is 0 Å². The molecule has 0 atom stereocenters. The van der Waals surface area contributed by atoms with E-state index in [0.29, 0.717) is 0 Å². The fourth-order valence-corrected chi connectivity index (χ4v) is 1.59. The molecule has 4 heteroatoms. The molecule has 0 aliphatic carbocycles. The van der Waals surface area contributed by atoms with E-state index in [1.54, 1.807) is 10.9 Å². The van der Waals surface area contributed by atoms with Gasteiger partial charge in [0.1, 0.15) is 0 Å². The Labute approximate surface area is 90.1 Å². The van der Waals surface area contributed by atoms with Crippen LogP contribution in [0.3, 0.4) is 0 Å². The third kappa shape index (κ3) is 1.71. The topological polar surface area (TPSA) is 38.0 Å². The highest BCUT2D eigenvalue weighted by atomic mass is 79.9. The van der Waals surface area contributed by atoms with Crippen LogP contribution in [0.25, 0.3) is 5.69 Å². The largest absolute Gasteiger partial charge is 0.392 e. The standard InChI is InChI=1S/C10H9BrN2O/c11-9-5-12-13(6-9)10-4-2-1-3-8(10)7-14/h1-6,14H,7H2. The molecule has 0 saturated carbocycles. The van der Waals surface area contributed by atoms with Gasteiger partial charge in [0.15, 0.2) is 0 Å². The van der Waals surface area contributed by atoms with Crippen molar-refractivity contribution in [2.24, 2.45) is 0 Å². The summed E-state index contributed by atoms with van der Waals surface area (Å²) in [4.78, 5) is 0. The van der Waals surface area contributed by atoms with E-state index >= 15 is 0 Å². The van der Waals surface area contributed by atoms with Crippen molar-refractivity contribution in [2.45, 2.75) is 6.61 Å². The molecule has 1 aromatic heterocycles. The Kier molecular flexibility index (Phi) is 2.65. The van der Waals surface area contributed by atoms with Gasteiger partial charge in [-0.05, 0) is 22.0 Å². The molecule has 0 unspecified atom stereocenters. The highest BCUT2D eigenvalue weighted by Crippen LogP contribution is 2.16. The van der Waals surface area contributed by atoms with E-state index in [4.69, 9.17) is 5.11 Å². The fourth-order valence-electron chi connectivity index (χ4n) is 1.30. The summed E-state index contributed by atoms with van der Waals surface area (Å²) in [6.07, 6.45) is 3.57. The van der Waals surface area contributed by atoms with Gasteiger partial charge >= 0.3 is 0 Å². The molecule has 0 aliphatic rings. The molecule has 1 aromatic carbocycles. The molecule has 0 saturated heterocycles. The lowest BCUT2D eigenvalue weighted by molar-refractivity contribution is 0.281. The van der Waals surface area contributed by atoms with Crippen LogP contribution in [-0.2, 0) is 6.61 Å². The van der Waals surface area contributed by atoms with Crippen molar-refractivity contribution < 1.29 is 5.11 Å². The third-order valence-corrected chi connectivity index (χ3v) is 2.37. The summed E-state index contributed by atoms with van der Waals surface area (Å²) in [5, 5.41) is 13.3. The predicted molar refractivity (Wildman–Crippen MR) is 57.2 cm³/mol. The van der Waals surface area contributed by atoms with Crippen LogP contribution in [0.5, 0.6) is 0 Å². The summed E-state index contributed by atoms with van der Waals surface area (Å²) >= 11 is 3.33. The summed E-state index contributed by atoms with van der Waals surface area (Å²) in [5.41, 5.74) is 1.77. The predicted octanol–water partition coefficient (Wildman–Crippen LogP) is 2.13. The maximum atomic E-state index is 9.13. The molecule has 0 spiro atoms. The molecule has 0 amide bonds. The average molecular weight is 253 g/mol. The lowest BCUT2D eigenvalue weighted by Gasteiger charge is -2.05. The number of aliphatic hydroxyl groups excluding tert-OH is 1. The number of hydrogen-bond donors (Lipinski definition) is 1. The van der Waals surface area contributed by atoms with Crippen LogP contribution >= 0.6 is 15.9 Å². The fraction of sp³-hybridized carbons (Fsp3) is 0.100. The number of halogens is 1. The maximum absolute atomic E-state index is 9.13. The van der Waals surface area contributed by atoms with Crippen LogP contribution in [0.1, 0.15) is 5.56 Å². The SMILES string of the molecule is OCc1ccccc1-n1cc(Br)cn1. The third-order valence-electron chi connectivity index (χ3n) is 1.96. The van der Waals surface area contributed by atoms with Crippen LogP contribution in [0.2, 0.25) is 0 Å². The normalized spacial score (nSPS) is 10.4. The minimum absolute atomic E-state index is 0.0215. The number of aliphatic hydroxyl groups is 1. The zero-order valence-electron chi connectivity index (χ0n) is 7.39. The van der Waals surface area contributed by atoms with Gasteiger partial charge in [-0.3, -0.25) is 0 Å². The van der Waals surface area contributed by atoms with Gasteiger partial charge in [0.25, 0.3) is 0 Å². The minimum Gasteiger partial charge on any atom is -0.392 e. The first-order chi connectivity index (χ1) is 6.81. The Morgan fingerprint density at radius 3 is 2.79 bits per heavy atom. The first kappa shape index (κ1) is 9.43. The van der Waals surface area contributed by atoms with Crippen molar-refractivity contribution in [1.82, 2.24) is 9.78 Å². The van der Waals surface area contributed by atoms with E-state index in [-0.39, 0.29) is 6.61 Å². The molecule has 0 fully saturated rings. The van der Waals surface area contributed by atoms with E-state index in [1.807, 2.05) is 30.5 Å². The van der Waals surface area contributed by atoms with Gasteiger partial charge < -0.3 is 5.11 Å². The monoisotopic (exact) mass is 252 g/mol. The van der Waals surface area contributed by atoms with Gasteiger partial charge in [0.05, 0.1) is 23.0 Å². The van der Waals surface area contributed by atoms with E-state index < -0.39 is 0 Å². The highest BCUT2D eigenvalue weighted by Gasteiger charge is 2.03. The van der Waals surface area contributed by atoms with E-state index in [2.05, 4.69) is 21.0 Å². The molecule has 3 nitrogen and oxygen atoms in total. The molecule has 1 heterocycles. The Balaban J connectivity index is 2.50. The number of benzene rings is 1. The Morgan fingerprint density at radius 1 is 1.36 bits per heavy atom. The van der Waals surface area contributed by atoms with Gasteiger partial charge in [-0.15, -0.1) is 0 Å². The molecule has 0 radical (unpaired) electrons. The Hall–Kier alpha value is -1.13. The summed E-state index contributed by atoms with van der Waals surface area (Å²) < 4.78 is 2.65. The van der Waals surface area contributed by atoms with Gasteiger partial charge in [-0.1, -0.05) is 18.2 Å². The van der Waals surface area contributed by atoms with Crippen LogP contribution in [0, 0.1) is 0 Å². The molecule has 2 aromatic rings. The van der Waals surface area contributed by atoms with Crippen LogP contribution < -0.4 is 0 Å². The number of para-hydroxylation sites is 1. The molecule has 14 heavy (non-hydrogen) atoms. The molecule has 1 N–H and O–H groups in total. The Morgan fingerprint density at radius 2 is 2.14 bits per heavy atom. The van der Waals surface area contributed by atoms with Crippen molar-refractivity contribution in [3.8, 4) is 5.69 Å². The lowest BCUT2D eigenvalue weighted by Crippen LogP contribution is -1.99. The summed E-state index contributed by atoms with van der Waals surface area (Å²) in [6.45, 7) is 0.0215. The van der Waals surface area contributed by atoms with Gasteiger partial charge in [0, 0.05) is 11.8 Å². The molecule has 0 aliphatic heterocycles. The zero-order chi connectivity index (χ0) is 9.97. The van der Waals surface area contributed by atoms with E-state index in [0.717, 1.165) is 15.7 Å². The van der Waals surface area contributed by atoms with Crippen molar-refractivity contribution >= 4 is 15.9 Å². The number of hydrogen-bond acceptors (Lipinski definition) is 2. The quantitative estimate of drug-likeness (QED) is 0.890. The van der Waals surface area contributed by atoms with Crippen molar-refractivity contribution in [3.05, 3.63) is 46.7 Å². The van der Waals surface area contributed by atoms with Crippen LogP contribution in [0.4, 0.5) is 0 Å². The van der Waals surface area contributed by atoms with Gasteiger partial charge in [-0.2, -0.15) is 5.10 Å².